The molecular weight excluding hydrogens is 214 g/mol. The fraction of sp³-hybridized carbons (Fsp3) is 0.500. The van der Waals surface area contributed by atoms with Crippen molar-refractivity contribution in [3.63, 3.8) is 0 Å². The van der Waals surface area contributed by atoms with E-state index in [1.165, 1.54) is 0 Å². The third-order valence-corrected chi connectivity index (χ3v) is 2.46. The summed E-state index contributed by atoms with van der Waals surface area (Å²) in [4.78, 5) is 11.9. The Labute approximate surface area is 103 Å². The Morgan fingerprint density at radius 1 is 1.35 bits per heavy atom. The van der Waals surface area contributed by atoms with Gasteiger partial charge in [0, 0.05) is 6.04 Å². The van der Waals surface area contributed by atoms with E-state index in [0.29, 0.717) is 6.42 Å². The van der Waals surface area contributed by atoms with Crippen molar-refractivity contribution in [2.45, 2.75) is 46.3 Å². The number of aryl methyl sites for hydroxylation is 1. The van der Waals surface area contributed by atoms with Gasteiger partial charge in [0.05, 0.1) is 0 Å². The summed E-state index contributed by atoms with van der Waals surface area (Å²) in [5.74, 6) is 0.726. The number of hydrogen-bond acceptors (Lipinski definition) is 2. The van der Waals surface area contributed by atoms with Crippen molar-refractivity contribution in [1.82, 2.24) is 5.32 Å². The number of ether oxygens (including phenoxy) is 1. The Hall–Kier alpha value is -1.51. The fourth-order valence-corrected chi connectivity index (χ4v) is 1.54. The van der Waals surface area contributed by atoms with Crippen molar-refractivity contribution in [3.8, 4) is 5.75 Å². The highest BCUT2D eigenvalue weighted by Gasteiger charge is 2.19. The van der Waals surface area contributed by atoms with Crippen LogP contribution in [0, 0.1) is 6.92 Å². The second-order valence-corrected chi connectivity index (χ2v) is 4.44. The van der Waals surface area contributed by atoms with Gasteiger partial charge in [-0.25, -0.2) is 0 Å². The van der Waals surface area contributed by atoms with Crippen LogP contribution < -0.4 is 10.1 Å². The topological polar surface area (TPSA) is 38.3 Å². The predicted octanol–water partition coefficient (Wildman–Crippen LogP) is 2.68. The molecule has 1 atom stereocenters. The Morgan fingerprint density at radius 2 is 2.00 bits per heavy atom. The summed E-state index contributed by atoms with van der Waals surface area (Å²) in [6.07, 6.45) is 0.242. The Balaban J connectivity index is 2.70. The lowest BCUT2D eigenvalue weighted by Crippen LogP contribution is -2.41. The molecule has 17 heavy (non-hydrogen) atoms. The van der Waals surface area contributed by atoms with Crippen molar-refractivity contribution in [2.24, 2.45) is 0 Å². The van der Waals surface area contributed by atoms with Crippen molar-refractivity contribution in [3.05, 3.63) is 29.8 Å². The lowest BCUT2D eigenvalue weighted by Gasteiger charge is -2.19. The van der Waals surface area contributed by atoms with Crippen LogP contribution >= 0.6 is 0 Å². The highest BCUT2D eigenvalue weighted by molar-refractivity contribution is 5.81. The Morgan fingerprint density at radius 3 is 2.53 bits per heavy atom. The summed E-state index contributed by atoms with van der Waals surface area (Å²) in [7, 11) is 0. The maximum absolute atomic E-state index is 11.9. The van der Waals surface area contributed by atoms with Gasteiger partial charge in [-0.05, 0) is 38.8 Å². The van der Waals surface area contributed by atoms with Gasteiger partial charge in [-0.2, -0.15) is 0 Å². The average molecular weight is 235 g/mol. The van der Waals surface area contributed by atoms with Crippen molar-refractivity contribution < 1.29 is 9.53 Å². The molecule has 0 bridgehead atoms. The lowest BCUT2D eigenvalue weighted by molar-refractivity contribution is -0.128. The minimum absolute atomic E-state index is 0.0502. The van der Waals surface area contributed by atoms with Gasteiger partial charge >= 0.3 is 0 Å². The molecule has 0 fully saturated rings. The number of carbonyl (C=O) groups is 1. The minimum Gasteiger partial charge on any atom is -0.480 e. The van der Waals surface area contributed by atoms with E-state index in [0.717, 1.165) is 11.3 Å². The molecule has 0 aliphatic heterocycles. The molecule has 1 aromatic rings. The lowest BCUT2D eigenvalue weighted by atomic mass is 10.2. The highest BCUT2D eigenvalue weighted by Crippen LogP contribution is 2.18. The first-order valence-electron chi connectivity index (χ1n) is 6.07. The van der Waals surface area contributed by atoms with E-state index in [2.05, 4.69) is 5.32 Å². The number of para-hydroxylation sites is 1. The fourth-order valence-electron chi connectivity index (χ4n) is 1.54. The molecule has 1 aromatic carbocycles. The highest BCUT2D eigenvalue weighted by atomic mass is 16.5. The molecule has 3 nitrogen and oxygen atoms in total. The second-order valence-electron chi connectivity index (χ2n) is 4.44. The third-order valence-electron chi connectivity index (χ3n) is 2.46. The predicted molar refractivity (Wildman–Crippen MR) is 69.2 cm³/mol. The number of carbonyl (C=O) groups excluding carboxylic acids is 1. The number of hydrogen-bond donors (Lipinski definition) is 1. The van der Waals surface area contributed by atoms with Crippen LogP contribution in [-0.4, -0.2) is 18.1 Å². The van der Waals surface area contributed by atoms with E-state index in [4.69, 9.17) is 4.74 Å². The smallest absolute Gasteiger partial charge is 0.261 e. The third kappa shape index (κ3) is 4.10. The molecule has 1 N–H and O–H groups in total. The van der Waals surface area contributed by atoms with E-state index >= 15 is 0 Å². The molecule has 94 valence electrons. The zero-order valence-electron chi connectivity index (χ0n) is 11.0. The molecule has 0 aromatic heterocycles. The van der Waals surface area contributed by atoms with Crippen LogP contribution in [0.3, 0.4) is 0 Å². The SMILES string of the molecule is CC[C@H](Oc1ccccc1C)C(=O)NC(C)C. The molecule has 0 spiro atoms. The number of rotatable bonds is 5. The van der Waals surface area contributed by atoms with Gasteiger partial charge in [0.1, 0.15) is 5.75 Å². The average Bonchev–Trinajstić information content (AvgIpc) is 2.27. The van der Waals surface area contributed by atoms with Crippen LogP contribution in [0.2, 0.25) is 0 Å². The molecule has 0 saturated heterocycles. The van der Waals surface area contributed by atoms with E-state index in [1.807, 2.05) is 52.0 Å². The number of nitrogens with one attached hydrogen (secondary N) is 1. The first-order chi connectivity index (χ1) is 8.04. The maximum Gasteiger partial charge on any atom is 0.261 e. The van der Waals surface area contributed by atoms with Crippen molar-refractivity contribution in [2.75, 3.05) is 0 Å². The summed E-state index contributed by atoms with van der Waals surface area (Å²) in [6.45, 7) is 7.81. The monoisotopic (exact) mass is 235 g/mol. The van der Waals surface area contributed by atoms with Crippen molar-refractivity contribution in [1.29, 1.82) is 0 Å². The van der Waals surface area contributed by atoms with E-state index in [-0.39, 0.29) is 11.9 Å². The van der Waals surface area contributed by atoms with E-state index in [9.17, 15) is 4.79 Å². The van der Waals surface area contributed by atoms with Gasteiger partial charge in [0.2, 0.25) is 0 Å². The van der Waals surface area contributed by atoms with Gasteiger partial charge in [0.15, 0.2) is 6.10 Å². The Bertz CT molecular complexity index is 374. The van der Waals surface area contributed by atoms with E-state index < -0.39 is 6.10 Å². The minimum atomic E-state index is -0.418. The van der Waals surface area contributed by atoms with Gasteiger partial charge < -0.3 is 10.1 Å². The summed E-state index contributed by atoms with van der Waals surface area (Å²) in [6, 6.07) is 7.87. The first-order valence-corrected chi connectivity index (χ1v) is 6.07. The molecule has 0 aliphatic carbocycles. The quantitative estimate of drug-likeness (QED) is 0.852. The van der Waals surface area contributed by atoms with E-state index in [1.54, 1.807) is 0 Å². The molecule has 0 heterocycles. The number of benzene rings is 1. The standard InChI is InChI=1S/C14H21NO2/c1-5-12(14(16)15-10(2)3)17-13-9-7-6-8-11(13)4/h6-10,12H,5H2,1-4H3,(H,15,16)/t12-/m0/s1. The van der Waals surface area contributed by atoms with Crippen molar-refractivity contribution >= 4 is 5.91 Å². The van der Waals surface area contributed by atoms with Crippen LogP contribution in [0.15, 0.2) is 24.3 Å². The molecule has 0 radical (unpaired) electrons. The van der Waals surface area contributed by atoms with Crippen LogP contribution in [0.1, 0.15) is 32.8 Å². The van der Waals surface area contributed by atoms with Gasteiger partial charge in [-0.15, -0.1) is 0 Å². The van der Waals surface area contributed by atoms with Crippen LogP contribution in [0.5, 0.6) is 5.75 Å². The first kappa shape index (κ1) is 13.6. The Kier molecular flexibility index (Phi) is 5.01. The summed E-state index contributed by atoms with van der Waals surface area (Å²) < 4.78 is 5.75. The molecular formula is C14H21NO2. The molecule has 0 saturated carbocycles. The molecule has 0 aliphatic rings. The van der Waals surface area contributed by atoms with Crippen LogP contribution in [0.4, 0.5) is 0 Å². The van der Waals surface area contributed by atoms with Crippen LogP contribution in [0.25, 0.3) is 0 Å². The van der Waals surface area contributed by atoms with Gasteiger partial charge in [0.25, 0.3) is 5.91 Å². The summed E-state index contributed by atoms with van der Waals surface area (Å²) >= 11 is 0. The number of amides is 1. The normalized spacial score (nSPS) is 12.3. The van der Waals surface area contributed by atoms with Gasteiger partial charge in [-0.1, -0.05) is 25.1 Å². The molecule has 3 heteroatoms. The zero-order chi connectivity index (χ0) is 12.8. The van der Waals surface area contributed by atoms with Gasteiger partial charge in [-0.3, -0.25) is 4.79 Å². The van der Waals surface area contributed by atoms with Crippen LogP contribution in [-0.2, 0) is 4.79 Å². The summed E-state index contributed by atoms with van der Waals surface area (Å²) in [5.41, 5.74) is 1.04. The maximum atomic E-state index is 11.9. The largest absolute Gasteiger partial charge is 0.480 e. The summed E-state index contributed by atoms with van der Waals surface area (Å²) in [5, 5.41) is 2.87. The molecule has 1 rings (SSSR count). The molecule has 1 amide bonds. The zero-order valence-corrected chi connectivity index (χ0v) is 11.0. The second kappa shape index (κ2) is 6.28. The molecule has 0 unspecified atom stereocenters.